The van der Waals surface area contributed by atoms with E-state index in [2.05, 4.69) is 126 Å². The van der Waals surface area contributed by atoms with Crippen LogP contribution in [0.1, 0.15) is 17.7 Å². The van der Waals surface area contributed by atoms with Crippen LogP contribution in [0.15, 0.2) is 152 Å². The number of para-hydroxylation sites is 1. The molecule has 1 aliphatic rings. The Morgan fingerprint density at radius 3 is 1.78 bits per heavy atom. The summed E-state index contributed by atoms with van der Waals surface area (Å²) in [7, 11) is 0. The van der Waals surface area contributed by atoms with Gasteiger partial charge in [0.2, 0.25) is 0 Å². The van der Waals surface area contributed by atoms with Gasteiger partial charge in [-0.3, -0.25) is 0 Å². The molecule has 5 heteroatoms. The third-order valence-electron chi connectivity index (χ3n) is 9.73. The van der Waals surface area contributed by atoms with Gasteiger partial charge in [-0.05, 0) is 54.3 Å². The summed E-state index contributed by atoms with van der Waals surface area (Å²) in [6.45, 7) is 0. The van der Waals surface area contributed by atoms with Crippen molar-refractivity contribution in [1.29, 1.82) is 0 Å². The highest BCUT2D eigenvalue weighted by Crippen LogP contribution is 2.45. The van der Waals surface area contributed by atoms with E-state index in [1.54, 1.807) is 0 Å². The molecule has 0 amide bonds. The molecule has 9 aromatic rings. The minimum atomic E-state index is 0.668. The molecular weight excluding hydrogens is 629 g/mol. The molecule has 0 radical (unpaired) electrons. The van der Waals surface area contributed by atoms with Crippen LogP contribution in [-0.2, 0) is 6.42 Å². The average Bonchev–Trinajstić information content (AvgIpc) is 3.74. The van der Waals surface area contributed by atoms with Gasteiger partial charge in [-0.1, -0.05) is 127 Å². The molecule has 10 rings (SSSR count). The van der Waals surface area contributed by atoms with Crippen LogP contribution in [0.2, 0.25) is 0 Å². The van der Waals surface area contributed by atoms with Gasteiger partial charge in [0.15, 0.2) is 17.5 Å². The maximum Gasteiger partial charge on any atom is 0.165 e. The fourth-order valence-electron chi connectivity index (χ4n) is 7.41. The van der Waals surface area contributed by atoms with E-state index in [0.717, 1.165) is 29.5 Å². The number of rotatable bonds is 5. The first-order valence-electron chi connectivity index (χ1n) is 17.0. The summed E-state index contributed by atoms with van der Waals surface area (Å²) in [5, 5.41) is 3.75. The van der Waals surface area contributed by atoms with Gasteiger partial charge < -0.3 is 4.57 Å². The van der Waals surface area contributed by atoms with Crippen molar-refractivity contribution in [3.8, 4) is 51.0 Å². The molecule has 0 unspecified atom stereocenters. The van der Waals surface area contributed by atoms with Crippen LogP contribution in [0.5, 0.6) is 0 Å². The van der Waals surface area contributed by atoms with Crippen molar-refractivity contribution in [2.75, 3.05) is 0 Å². The van der Waals surface area contributed by atoms with Crippen LogP contribution in [0, 0.1) is 0 Å². The molecule has 0 spiro atoms. The fourth-order valence-corrected chi connectivity index (χ4v) is 8.76. The van der Waals surface area contributed by atoms with Crippen LogP contribution in [0.25, 0.3) is 88.1 Å². The van der Waals surface area contributed by atoms with E-state index in [1.165, 1.54) is 59.1 Å². The summed E-state index contributed by atoms with van der Waals surface area (Å²) < 4.78 is 4.89. The predicted molar refractivity (Wildman–Crippen MR) is 209 cm³/mol. The molecule has 0 aliphatic heterocycles. The molecule has 0 saturated carbocycles. The molecular formula is C45H30N4S. The van der Waals surface area contributed by atoms with Crippen molar-refractivity contribution < 1.29 is 0 Å². The summed E-state index contributed by atoms with van der Waals surface area (Å²) in [4.78, 5) is 15.1. The summed E-state index contributed by atoms with van der Waals surface area (Å²) in [6.07, 6.45) is 6.73. The Balaban J connectivity index is 1.16. The fraction of sp³-hybridized carbons (Fsp3) is 0.0444. The van der Waals surface area contributed by atoms with Gasteiger partial charge in [0.1, 0.15) is 0 Å². The third kappa shape index (κ3) is 4.70. The maximum atomic E-state index is 5.08. The highest BCUT2D eigenvalue weighted by atomic mass is 32.1. The van der Waals surface area contributed by atoms with Gasteiger partial charge in [-0.15, -0.1) is 11.3 Å². The van der Waals surface area contributed by atoms with E-state index >= 15 is 0 Å². The van der Waals surface area contributed by atoms with Crippen LogP contribution >= 0.6 is 11.3 Å². The van der Waals surface area contributed by atoms with Crippen LogP contribution in [0.3, 0.4) is 0 Å². The molecule has 0 saturated heterocycles. The van der Waals surface area contributed by atoms with E-state index in [4.69, 9.17) is 15.0 Å². The molecule has 1 aliphatic carbocycles. The molecule has 6 aromatic carbocycles. The second-order valence-electron chi connectivity index (χ2n) is 12.7. The highest BCUT2D eigenvalue weighted by molar-refractivity contribution is 7.26. The Bertz CT molecular complexity index is 2690. The van der Waals surface area contributed by atoms with Crippen LogP contribution < -0.4 is 0 Å². The van der Waals surface area contributed by atoms with Gasteiger partial charge in [0.05, 0.1) is 5.52 Å². The first-order chi connectivity index (χ1) is 24.8. The third-order valence-corrected chi connectivity index (χ3v) is 11.0. The number of benzene rings is 6. The van der Waals surface area contributed by atoms with Crippen LogP contribution in [-0.4, -0.2) is 19.5 Å². The van der Waals surface area contributed by atoms with Crippen molar-refractivity contribution in [3.05, 3.63) is 163 Å². The molecule has 4 nitrogen and oxygen atoms in total. The highest BCUT2D eigenvalue weighted by Gasteiger charge is 2.21. The normalized spacial score (nSPS) is 12.6. The number of hydrogen-bond donors (Lipinski definition) is 0. The molecule has 0 bridgehead atoms. The summed E-state index contributed by atoms with van der Waals surface area (Å²) in [6, 6.07) is 51.3. The minimum Gasteiger partial charge on any atom is -0.313 e. The number of fused-ring (bicyclic) bond motifs is 6. The van der Waals surface area contributed by atoms with Crippen molar-refractivity contribution in [2.45, 2.75) is 12.8 Å². The molecule has 0 N–H and O–H groups in total. The first-order valence-corrected chi connectivity index (χ1v) is 17.8. The van der Waals surface area contributed by atoms with Crippen molar-refractivity contribution in [2.24, 2.45) is 0 Å². The monoisotopic (exact) mass is 658 g/mol. The SMILES string of the molecule is C1=Cc2c(n(-c3ccccc3)c3ccc(-c4cccc5c4sc4c(-c6nc(-c7ccccc7)nc(-c7ccccc7)n6)cccc45)cc23)CC1. The number of hydrogen-bond acceptors (Lipinski definition) is 4. The number of thiophene rings is 1. The number of nitrogens with zero attached hydrogens (tertiary/aromatic N) is 4. The van der Waals surface area contributed by atoms with Gasteiger partial charge in [0.25, 0.3) is 0 Å². The number of aromatic nitrogens is 4. The van der Waals surface area contributed by atoms with Crippen molar-refractivity contribution in [3.63, 3.8) is 0 Å². The lowest BCUT2D eigenvalue weighted by molar-refractivity contribution is 0.888. The number of allylic oxidation sites excluding steroid dienone is 1. The maximum absolute atomic E-state index is 5.08. The summed E-state index contributed by atoms with van der Waals surface area (Å²) >= 11 is 1.82. The summed E-state index contributed by atoms with van der Waals surface area (Å²) in [5.41, 5.74) is 10.6. The zero-order valence-electron chi connectivity index (χ0n) is 27.1. The Kier molecular flexibility index (Phi) is 6.78. The lowest BCUT2D eigenvalue weighted by Gasteiger charge is -2.13. The zero-order chi connectivity index (χ0) is 33.0. The Morgan fingerprint density at radius 1 is 0.500 bits per heavy atom. The van der Waals surface area contributed by atoms with Crippen molar-refractivity contribution in [1.82, 2.24) is 19.5 Å². The standard InChI is InChI=1S/C45H30N4S/c1-4-14-29(15-5-1)43-46-44(30-16-6-2-7-17-30)48-45(47-43)37-24-13-23-36-35-22-12-21-33(41(35)50-42(36)37)31-26-27-40-38(28-31)34-20-10-11-25-39(34)49(40)32-18-8-3-9-19-32/h1-10,12-24,26-28H,11,25H2. The van der Waals surface area contributed by atoms with E-state index in [9.17, 15) is 0 Å². The average molecular weight is 659 g/mol. The molecule has 50 heavy (non-hydrogen) atoms. The minimum absolute atomic E-state index is 0.668. The lowest BCUT2D eigenvalue weighted by Crippen LogP contribution is -2.02. The van der Waals surface area contributed by atoms with Gasteiger partial charge in [-0.2, -0.15) is 0 Å². The van der Waals surface area contributed by atoms with E-state index in [-0.39, 0.29) is 0 Å². The second kappa shape index (κ2) is 11.8. The van der Waals surface area contributed by atoms with E-state index in [1.807, 2.05) is 47.7 Å². The zero-order valence-corrected chi connectivity index (χ0v) is 27.9. The molecule has 0 fully saturated rings. The Labute approximate surface area is 293 Å². The smallest absolute Gasteiger partial charge is 0.165 e. The predicted octanol–water partition coefficient (Wildman–Crippen LogP) is 11.8. The Hall–Kier alpha value is -6.17. The molecule has 236 valence electrons. The van der Waals surface area contributed by atoms with Gasteiger partial charge in [-0.25, -0.2) is 15.0 Å². The van der Waals surface area contributed by atoms with Gasteiger partial charge >= 0.3 is 0 Å². The Morgan fingerprint density at radius 2 is 1.10 bits per heavy atom. The largest absolute Gasteiger partial charge is 0.313 e. The first kappa shape index (κ1) is 28.8. The van der Waals surface area contributed by atoms with Crippen molar-refractivity contribution >= 4 is 48.5 Å². The molecule has 3 aromatic heterocycles. The quantitative estimate of drug-likeness (QED) is 0.185. The summed E-state index contributed by atoms with van der Waals surface area (Å²) in [5.74, 6) is 2.02. The molecule has 3 heterocycles. The van der Waals surface area contributed by atoms with Gasteiger partial charge in [0, 0.05) is 59.2 Å². The van der Waals surface area contributed by atoms with E-state index < -0.39 is 0 Å². The second-order valence-corrected chi connectivity index (χ2v) is 13.7. The topological polar surface area (TPSA) is 43.6 Å². The molecule has 0 atom stereocenters. The lowest BCUT2D eigenvalue weighted by atomic mass is 9.98. The van der Waals surface area contributed by atoms with Crippen LogP contribution in [0.4, 0.5) is 0 Å². The van der Waals surface area contributed by atoms with E-state index in [0.29, 0.717) is 17.5 Å².